The molecule has 0 spiro atoms. The van der Waals surface area contributed by atoms with Crippen molar-refractivity contribution >= 4 is 23.1 Å². The van der Waals surface area contributed by atoms with Gasteiger partial charge in [0.05, 0.1) is 25.3 Å². The number of imide groups is 1. The van der Waals surface area contributed by atoms with Crippen molar-refractivity contribution in [1.29, 1.82) is 0 Å². The molecule has 3 rings (SSSR count). The molecular weight excluding hydrogens is 441 g/mol. The molecule has 2 amide bonds. The number of benzene rings is 2. The molecule has 10 heteroatoms. The molecule has 7 nitrogen and oxygen atoms in total. The maximum absolute atomic E-state index is 13.1. The largest absolute Gasteiger partial charge is 0.573 e. The van der Waals surface area contributed by atoms with Crippen molar-refractivity contribution in [3.8, 4) is 11.5 Å². The molecule has 2 aromatic rings. The number of halogens is 3. The lowest BCUT2D eigenvalue weighted by atomic mass is 10.0. The number of amides is 2. The minimum Gasteiger partial charge on any atom is -0.494 e. The third-order valence-corrected chi connectivity index (χ3v) is 4.66. The Labute approximate surface area is 188 Å². The van der Waals surface area contributed by atoms with Crippen LogP contribution < -0.4 is 14.8 Å². The average molecular weight is 464 g/mol. The molecule has 0 aromatic heterocycles. The van der Waals surface area contributed by atoms with Crippen LogP contribution in [0.15, 0.2) is 54.2 Å². The lowest BCUT2D eigenvalue weighted by molar-refractivity contribution is -0.274. The lowest BCUT2D eigenvalue weighted by Gasteiger charge is -2.14. The molecule has 0 atom stereocenters. The van der Waals surface area contributed by atoms with Crippen molar-refractivity contribution in [2.75, 3.05) is 32.2 Å². The van der Waals surface area contributed by atoms with Crippen molar-refractivity contribution in [2.24, 2.45) is 0 Å². The fourth-order valence-electron chi connectivity index (χ4n) is 3.17. The van der Waals surface area contributed by atoms with E-state index in [-0.39, 0.29) is 24.4 Å². The number of anilines is 1. The molecule has 0 saturated carbocycles. The van der Waals surface area contributed by atoms with Gasteiger partial charge >= 0.3 is 6.36 Å². The number of ether oxygens (including phenoxy) is 3. The van der Waals surface area contributed by atoms with Gasteiger partial charge in [0.15, 0.2) is 0 Å². The minimum absolute atomic E-state index is 0.0165. The van der Waals surface area contributed by atoms with Gasteiger partial charge in [-0.05, 0) is 48.4 Å². The maximum atomic E-state index is 13.1. The van der Waals surface area contributed by atoms with Gasteiger partial charge in [-0.2, -0.15) is 0 Å². The summed E-state index contributed by atoms with van der Waals surface area (Å²) in [5.74, 6) is -0.836. The van der Waals surface area contributed by atoms with Gasteiger partial charge in [-0.1, -0.05) is 19.1 Å². The van der Waals surface area contributed by atoms with Gasteiger partial charge in [0.1, 0.15) is 17.2 Å². The summed E-state index contributed by atoms with van der Waals surface area (Å²) in [4.78, 5) is 27.1. The van der Waals surface area contributed by atoms with E-state index in [4.69, 9.17) is 9.47 Å². The smallest absolute Gasteiger partial charge is 0.494 e. The highest BCUT2D eigenvalue weighted by Crippen LogP contribution is 2.32. The Balaban J connectivity index is 1.91. The second-order valence-electron chi connectivity index (χ2n) is 7.07. The average Bonchev–Trinajstić information content (AvgIpc) is 3.00. The second-order valence-corrected chi connectivity index (χ2v) is 7.07. The van der Waals surface area contributed by atoms with Crippen LogP contribution in [0, 0.1) is 0 Å². The van der Waals surface area contributed by atoms with E-state index < -0.39 is 23.9 Å². The first kappa shape index (κ1) is 24.1. The van der Waals surface area contributed by atoms with Crippen molar-refractivity contribution < 1.29 is 37.0 Å². The molecule has 33 heavy (non-hydrogen) atoms. The summed E-state index contributed by atoms with van der Waals surface area (Å²) in [6.07, 6.45) is -3.97. The molecule has 0 fully saturated rings. The molecule has 1 aliphatic rings. The molecule has 0 saturated heterocycles. The predicted molar refractivity (Wildman–Crippen MR) is 114 cm³/mol. The van der Waals surface area contributed by atoms with Crippen LogP contribution in [-0.2, 0) is 14.3 Å². The second kappa shape index (κ2) is 10.4. The van der Waals surface area contributed by atoms with Crippen molar-refractivity contribution in [3.63, 3.8) is 0 Å². The van der Waals surface area contributed by atoms with Crippen molar-refractivity contribution in [2.45, 2.75) is 19.7 Å². The number of methoxy groups -OCH3 is 1. The highest BCUT2D eigenvalue weighted by molar-refractivity contribution is 6.36. The molecular formula is C23H23F3N2O5. The van der Waals surface area contributed by atoms with Crippen LogP contribution in [0.25, 0.3) is 5.57 Å². The van der Waals surface area contributed by atoms with Gasteiger partial charge in [-0.3, -0.25) is 14.5 Å². The monoisotopic (exact) mass is 464 g/mol. The molecule has 0 unspecified atom stereocenters. The fraction of sp³-hybridized carbons (Fsp3) is 0.304. The zero-order chi connectivity index (χ0) is 24.0. The SMILES string of the molecule is CCCOc1ccc(C2=C(Nc3ccc(OC(F)(F)F)cc3)C(=O)N(CCOC)C2=O)cc1. The van der Waals surface area contributed by atoms with E-state index in [9.17, 15) is 22.8 Å². The van der Waals surface area contributed by atoms with Crippen molar-refractivity contribution in [1.82, 2.24) is 4.90 Å². The Hall–Kier alpha value is -3.53. The Morgan fingerprint density at radius 1 is 0.909 bits per heavy atom. The highest BCUT2D eigenvalue weighted by Gasteiger charge is 2.39. The molecule has 1 aliphatic heterocycles. The lowest BCUT2D eigenvalue weighted by Crippen LogP contribution is -2.35. The summed E-state index contributed by atoms with van der Waals surface area (Å²) in [5.41, 5.74) is 0.975. The quantitative estimate of drug-likeness (QED) is 0.531. The molecule has 1 N–H and O–H groups in total. The van der Waals surface area contributed by atoms with Gasteiger partial charge < -0.3 is 19.5 Å². The van der Waals surface area contributed by atoms with E-state index in [1.165, 1.54) is 19.2 Å². The first-order valence-corrected chi connectivity index (χ1v) is 10.2. The minimum atomic E-state index is -4.81. The van der Waals surface area contributed by atoms with Crippen LogP contribution in [0.3, 0.4) is 0 Å². The van der Waals surface area contributed by atoms with Crippen LogP contribution in [0.1, 0.15) is 18.9 Å². The topological polar surface area (TPSA) is 77.1 Å². The number of hydrogen-bond donors (Lipinski definition) is 1. The molecule has 0 aliphatic carbocycles. The zero-order valence-corrected chi connectivity index (χ0v) is 18.1. The third-order valence-electron chi connectivity index (χ3n) is 4.66. The summed E-state index contributed by atoms with van der Waals surface area (Å²) >= 11 is 0. The van der Waals surface area contributed by atoms with Crippen LogP contribution >= 0.6 is 0 Å². The summed E-state index contributed by atoms with van der Waals surface area (Å²) in [6.45, 7) is 2.74. The van der Waals surface area contributed by atoms with Gasteiger partial charge in [-0.15, -0.1) is 13.2 Å². The van der Waals surface area contributed by atoms with E-state index in [0.29, 0.717) is 23.6 Å². The third kappa shape index (κ3) is 6.04. The number of alkyl halides is 3. The van der Waals surface area contributed by atoms with Crippen molar-refractivity contribution in [3.05, 3.63) is 59.8 Å². The molecule has 1 heterocycles. The standard InChI is InChI=1S/C23H23F3N2O5/c1-3-13-32-17-8-4-15(5-9-17)19-20(22(30)28(21(19)29)12-14-31-2)27-16-6-10-18(11-7-16)33-23(24,25)26/h4-11,27H,3,12-14H2,1-2H3. The summed E-state index contributed by atoms with van der Waals surface area (Å²) in [6, 6.07) is 11.6. The summed E-state index contributed by atoms with van der Waals surface area (Å²) < 4.78 is 51.6. The van der Waals surface area contributed by atoms with E-state index >= 15 is 0 Å². The number of carbonyl (C=O) groups is 2. The highest BCUT2D eigenvalue weighted by atomic mass is 19.4. The van der Waals surface area contributed by atoms with Gasteiger partial charge in [0, 0.05) is 12.8 Å². The van der Waals surface area contributed by atoms with E-state index in [1.807, 2.05) is 6.92 Å². The Morgan fingerprint density at radius 3 is 2.12 bits per heavy atom. The van der Waals surface area contributed by atoms with Crippen LogP contribution in [0.5, 0.6) is 11.5 Å². The Kier molecular flexibility index (Phi) is 7.59. The number of hydrogen-bond acceptors (Lipinski definition) is 6. The summed E-state index contributed by atoms with van der Waals surface area (Å²) in [7, 11) is 1.46. The number of nitrogens with zero attached hydrogens (tertiary/aromatic N) is 1. The Bertz CT molecular complexity index is 1020. The van der Waals surface area contributed by atoms with E-state index in [0.717, 1.165) is 23.5 Å². The van der Waals surface area contributed by atoms with E-state index in [1.54, 1.807) is 24.3 Å². The Morgan fingerprint density at radius 2 is 1.55 bits per heavy atom. The van der Waals surface area contributed by atoms with Gasteiger partial charge in [0.25, 0.3) is 11.8 Å². The molecule has 0 radical (unpaired) electrons. The fourth-order valence-corrected chi connectivity index (χ4v) is 3.17. The molecule has 176 valence electrons. The van der Waals surface area contributed by atoms with Crippen LogP contribution in [-0.4, -0.2) is 49.9 Å². The molecule has 0 bridgehead atoms. The number of nitrogens with one attached hydrogen (secondary N) is 1. The zero-order valence-electron chi connectivity index (χ0n) is 18.1. The van der Waals surface area contributed by atoms with E-state index in [2.05, 4.69) is 10.1 Å². The number of rotatable bonds is 10. The maximum Gasteiger partial charge on any atom is 0.573 e. The molecule has 2 aromatic carbocycles. The van der Waals surface area contributed by atoms with Crippen LogP contribution in [0.4, 0.5) is 18.9 Å². The first-order chi connectivity index (χ1) is 15.7. The van der Waals surface area contributed by atoms with Gasteiger partial charge in [0.2, 0.25) is 0 Å². The van der Waals surface area contributed by atoms with Crippen LogP contribution in [0.2, 0.25) is 0 Å². The predicted octanol–water partition coefficient (Wildman–Crippen LogP) is 4.21. The first-order valence-electron chi connectivity index (χ1n) is 10.2. The normalized spacial score (nSPS) is 14.2. The van der Waals surface area contributed by atoms with Gasteiger partial charge in [-0.25, -0.2) is 0 Å². The summed E-state index contributed by atoms with van der Waals surface area (Å²) in [5, 5.41) is 2.87. The number of carbonyl (C=O) groups excluding carboxylic acids is 2.